The molecule has 0 aliphatic rings. The number of rotatable bonds is 6. The molecule has 0 atom stereocenters. The average Bonchev–Trinajstić information content (AvgIpc) is 2.64. The smallest absolute Gasteiger partial charge is 0.401 e. The zero-order valence-electron chi connectivity index (χ0n) is 9.70. The fourth-order valence-corrected chi connectivity index (χ4v) is 2.14. The third-order valence-electron chi connectivity index (χ3n) is 2.06. The summed E-state index contributed by atoms with van der Waals surface area (Å²) < 4.78 is 36.9. The molecule has 1 aromatic rings. The number of carboxylic acid groups (broad SMARTS) is 1. The van der Waals surface area contributed by atoms with Gasteiger partial charge in [0.25, 0.3) is 0 Å². The zero-order chi connectivity index (χ0) is 13.8. The third kappa shape index (κ3) is 5.01. The normalized spacial score (nSPS) is 12.1. The molecule has 1 heterocycles. The van der Waals surface area contributed by atoms with Crippen LogP contribution in [0.5, 0.6) is 0 Å². The number of aromatic carboxylic acids is 1. The van der Waals surface area contributed by atoms with E-state index in [1.54, 1.807) is 6.92 Å². The number of alkyl halides is 3. The van der Waals surface area contributed by atoms with Crippen LogP contribution in [0, 0.1) is 0 Å². The Morgan fingerprint density at radius 2 is 2.22 bits per heavy atom. The van der Waals surface area contributed by atoms with E-state index in [1.807, 2.05) is 0 Å². The number of nitrogens with zero attached hydrogens (tertiary/aromatic N) is 2. The second-order valence-electron chi connectivity index (χ2n) is 3.77. The number of halogens is 3. The van der Waals surface area contributed by atoms with E-state index in [2.05, 4.69) is 4.98 Å². The summed E-state index contributed by atoms with van der Waals surface area (Å²) >= 11 is 0.917. The molecular formula is C10H13F3N2O2S. The molecule has 102 valence electrons. The Hall–Kier alpha value is -1.15. The molecular weight excluding hydrogens is 269 g/mol. The topological polar surface area (TPSA) is 53.4 Å². The van der Waals surface area contributed by atoms with Gasteiger partial charge in [0, 0.05) is 11.9 Å². The van der Waals surface area contributed by atoms with Crippen molar-refractivity contribution in [3.63, 3.8) is 0 Å². The molecule has 0 amide bonds. The van der Waals surface area contributed by atoms with Gasteiger partial charge in [-0.15, -0.1) is 11.3 Å². The molecule has 18 heavy (non-hydrogen) atoms. The summed E-state index contributed by atoms with van der Waals surface area (Å²) in [4.78, 5) is 15.6. The van der Waals surface area contributed by atoms with Gasteiger partial charge in [-0.25, -0.2) is 9.78 Å². The minimum atomic E-state index is -4.26. The second kappa shape index (κ2) is 6.14. The fourth-order valence-electron chi connectivity index (χ4n) is 1.49. The van der Waals surface area contributed by atoms with Crippen LogP contribution in [0.15, 0.2) is 5.38 Å². The molecule has 0 saturated heterocycles. The number of hydrogen-bond donors (Lipinski definition) is 1. The van der Waals surface area contributed by atoms with Crippen molar-refractivity contribution in [3.05, 3.63) is 16.1 Å². The lowest BCUT2D eigenvalue weighted by Gasteiger charge is -2.21. The first-order valence-electron chi connectivity index (χ1n) is 5.28. The van der Waals surface area contributed by atoms with E-state index in [1.165, 1.54) is 10.3 Å². The number of carbonyl (C=O) groups is 1. The molecule has 8 heteroatoms. The molecule has 0 unspecified atom stereocenters. The lowest BCUT2D eigenvalue weighted by Crippen LogP contribution is -2.34. The van der Waals surface area contributed by atoms with Gasteiger partial charge in [-0.05, 0) is 13.0 Å². The summed E-state index contributed by atoms with van der Waals surface area (Å²) in [6, 6.07) is 0. The molecule has 1 N–H and O–H groups in total. The minimum absolute atomic E-state index is 0.0110. The summed E-state index contributed by atoms with van der Waals surface area (Å²) in [7, 11) is 0. The monoisotopic (exact) mass is 282 g/mol. The zero-order valence-corrected chi connectivity index (χ0v) is 10.5. The Morgan fingerprint density at radius 3 is 2.67 bits per heavy atom. The van der Waals surface area contributed by atoms with Crippen LogP contribution in [-0.2, 0) is 6.54 Å². The van der Waals surface area contributed by atoms with E-state index in [9.17, 15) is 18.0 Å². The van der Waals surface area contributed by atoms with Gasteiger partial charge in [-0.1, -0.05) is 6.92 Å². The highest BCUT2D eigenvalue weighted by Gasteiger charge is 2.30. The highest BCUT2D eigenvalue weighted by molar-refractivity contribution is 7.11. The van der Waals surface area contributed by atoms with Gasteiger partial charge < -0.3 is 5.11 Å². The predicted molar refractivity (Wildman–Crippen MR) is 60.7 cm³/mol. The number of thiazole rings is 1. The summed E-state index contributed by atoms with van der Waals surface area (Å²) in [6.45, 7) is 1.07. The van der Waals surface area contributed by atoms with E-state index in [-0.39, 0.29) is 11.6 Å². The van der Waals surface area contributed by atoms with Gasteiger partial charge in [-0.2, -0.15) is 13.2 Å². The molecule has 4 nitrogen and oxygen atoms in total. The molecule has 0 spiro atoms. The van der Waals surface area contributed by atoms with Crippen molar-refractivity contribution in [2.75, 3.05) is 13.1 Å². The van der Waals surface area contributed by atoms with Crippen molar-refractivity contribution >= 4 is 17.3 Å². The maximum atomic E-state index is 12.3. The molecule has 0 bridgehead atoms. The van der Waals surface area contributed by atoms with Crippen LogP contribution < -0.4 is 0 Å². The molecule has 0 radical (unpaired) electrons. The van der Waals surface area contributed by atoms with Gasteiger partial charge in [0.1, 0.15) is 0 Å². The first kappa shape index (κ1) is 14.9. The molecule has 0 aromatic carbocycles. The molecule has 1 aromatic heterocycles. The van der Waals surface area contributed by atoms with Gasteiger partial charge in [0.05, 0.1) is 12.2 Å². The first-order chi connectivity index (χ1) is 8.31. The van der Waals surface area contributed by atoms with Crippen molar-refractivity contribution in [2.24, 2.45) is 0 Å². The van der Waals surface area contributed by atoms with E-state index in [4.69, 9.17) is 5.11 Å². The summed E-state index contributed by atoms with van der Waals surface area (Å²) in [6.07, 6.45) is -3.67. The molecule has 0 fully saturated rings. The van der Waals surface area contributed by atoms with Gasteiger partial charge in [0.15, 0.2) is 0 Å². The SMILES string of the molecule is CCCN(Cc1csc(C(=O)O)n1)CC(F)(F)F. The molecule has 0 aliphatic heterocycles. The van der Waals surface area contributed by atoms with Crippen LogP contribution >= 0.6 is 11.3 Å². The van der Waals surface area contributed by atoms with E-state index in [0.717, 1.165) is 11.3 Å². The lowest BCUT2D eigenvalue weighted by molar-refractivity contribution is -0.147. The van der Waals surface area contributed by atoms with Crippen molar-refractivity contribution < 1.29 is 23.1 Å². The molecule has 0 saturated carbocycles. The Labute approximate surface area is 106 Å². The highest BCUT2D eigenvalue weighted by atomic mass is 32.1. The quantitative estimate of drug-likeness (QED) is 0.871. The van der Waals surface area contributed by atoms with Gasteiger partial charge in [-0.3, -0.25) is 4.90 Å². The number of aromatic nitrogens is 1. The minimum Gasteiger partial charge on any atom is -0.476 e. The summed E-state index contributed by atoms with van der Waals surface area (Å²) in [5.74, 6) is -1.16. The van der Waals surface area contributed by atoms with Crippen LogP contribution in [-0.4, -0.2) is 40.2 Å². The lowest BCUT2D eigenvalue weighted by atomic mass is 10.3. The highest BCUT2D eigenvalue weighted by Crippen LogP contribution is 2.19. The predicted octanol–water partition coefficient (Wildman–Crippen LogP) is 2.62. The van der Waals surface area contributed by atoms with Crippen LogP contribution in [0.4, 0.5) is 13.2 Å². The number of hydrogen-bond acceptors (Lipinski definition) is 4. The van der Waals surface area contributed by atoms with Crippen LogP contribution in [0.1, 0.15) is 28.8 Å². The Kier molecular flexibility index (Phi) is 5.09. The third-order valence-corrected chi connectivity index (χ3v) is 2.94. The Balaban J connectivity index is 2.67. The van der Waals surface area contributed by atoms with Crippen molar-refractivity contribution in [2.45, 2.75) is 26.1 Å². The van der Waals surface area contributed by atoms with Gasteiger partial charge >= 0.3 is 12.1 Å². The van der Waals surface area contributed by atoms with E-state index >= 15 is 0 Å². The molecule has 0 aliphatic carbocycles. The standard InChI is InChI=1S/C10H13F3N2O2S/c1-2-3-15(6-10(11,12)13)4-7-5-18-8(14-7)9(16)17/h5H,2-4,6H2,1H3,(H,16,17). The second-order valence-corrected chi connectivity index (χ2v) is 4.63. The van der Waals surface area contributed by atoms with Crippen LogP contribution in [0.3, 0.4) is 0 Å². The van der Waals surface area contributed by atoms with E-state index in [0.29, 0.717) is 18.7 Å². The van der Waals surface area contributed by atoms with Crippen molar-refractivity contribution in [1.29, 1.82) is 0 Å². The van der Waals surface area contributed by atoms with Crippen molar-refractivity contribution in [3.8, 4) is 0 Å². The van der Waals surface area contributed by atoms with Crippen LogP contribution in [0.2, 0.25) is 0 Å². The maximum absolute atomic E-state index is 12.3. The first-order valence-corrected chi connectivity index (χ1v) is 6.16. The summed E-state index contributed by atoms with van der Waals surface area (Å²) in [5, 5.41) is 10.0. The van der Waals surface area contributed by atoms with E-state index < -0.39 is 18.7 Å². The Morgan fingerprint density at radius 1 is 1.56 bits per heavy atom. The average molecular weight is 282 g/mol. The van der Waals surface area contributed by atoms with Crippen molar-refractivity contribution in [1.82, 2.24) is 9.88 Å². The fraction of sp³-hybridized carbons (Fsp3) is 0.600. The van der Waals surface area contributed by atoms with Crippen LogP contribution in [0.25, 0.3) is 0 Å². The van der Waals surface area contributed by atoms with Gasteiger partial charge in [0.2, 0.25) is 5.01 Å². The maximum Gasteiger partial charge on any atom is 0.401 e. The largest absolute Gasteiger partial charge is 0.476 e. The number of carboxylic acids is 1. The summed E-state index contributed by atoms with van der Waals surface area (Å²) in [5.41, 5.74) is 0.357. The Bertz CT molecular complexity index is 406. The molecule has 1 rings (SSSR count).